The van der Waals surface area contributed by atoms with Gasteiger partial charge >= 0.3 is 30.0 Å². The molecule has 4 nitrogen and oxygen atoms in total. The Kier molecular flexibility index (Phi) is 8.17. The fraction of sp³-hybridized carbons (Fsp3) is 0.143. The highest BCUT2D eigenvalue weighted by atomic mass is 28.4. The zero-order valence-electron chi connectivity index (χ0n) is 8.52. The maximum atomic E-state index is 5.59. The first kappa shape index (κ1) is 14.2. The molecule has 0 aliphatic carbocycles. The number of rotatable bonds is 8. The van der Waals surface area contributed by atoms with Crippen LogP contribution in [0.1, 0.15) is 0 Å². The molecule has 0 fully saturated rings. The van der Waals surface area contributed by atoms with E-state index in [0.29, 0.717) is 0 Å². The van der Waals surface area contributed by atoms with Gasteiger partial charge in [0.1, 0.15) is 0 Å². The Morgan fingerprint density at radius 2 is 1.75 bits per heavy atom. The predicted octanol–water partition coefficient (Wildman–Crippen LogP) is -0.733. The van der Waals surface area contributed by atoms with Crippen molar-refractivity contribution in [3.05, 3.63) is 30.3 Å². The molecule has 1 aromatic rings. The lowest BCUT2D eigenvalue weighted by Gasteiger charge is -2.09. The Bertz CT molecular complexity index is 275. The van der Waals surface area contributed by atoms with Crippen molar-refractivity contribution < 1.29 is 16.5 Å². The highest BCUT2D eigenvalue weighted by molar-refractivity contribution is 6.70. The molecule has 10 radical (unpaired) electrons. The molecule has 0 spiro atoms. The van der Waals surface area contributed by atoms with Crippen LogP contribution in [0.25, 0.3) is 0 Å². The van der Waals surface area contributed by atoms with Gasteiger partial charge in [0.05, 0.1) is 0 Å². The van der Waals surface area contributed by atoms with Crippen molar-refractivity contribution in [3.63, 3.8) is 0 Å². The minimum absolute atomic E-state index is 0.0150. The third kappa shape index (κ3) is 6.02. The molecular weight excluding hydrogens is 289 g/mol. The van der Waals surface area contributed by atoms with Crippen LogP contribution in [0, 0.1) is 0 Å². The van der Waals surface area contributed by atoms with Crippen LogP contribution >= 0.6 is 0 Å². The lowest BCUT2D eigenvalue weighted by Crippen LogP contribution is -2.32. The van der Waals surface area contributed by atoms with E-state index in [1.165, 1.54) is 5.19 Å². The quantitative estimate of drug-likeness (QED) is 0.468. The molecule has 0 amide bonds. The minimum atomic E-state index is -0.962. The first-order chi connectivity index (χ1) is 7.84. The van der Waals surface area contributed by atoms with Gasteiger partial charge in [-0.2, -0.15) is 0 Å². The van der Waals surface area contributed by atoms with Crippen molar-refractivity contribution in [2.75, 3.05) is 0 Å². The first-order valence-electron chi connectivity index (χ1n) is 4.29. The third-order valence-electron chi connectivity index (χ3n) is 1.58. The molecule has 0 aromatic heterocycles. The van der Waals surface area contributed by atoms with Crippen LogP contribution in [0.2, 0.25) is 6.55 Å². The molecule has 80 valence electrons. The molecule has 0 N–H and O–H groups in total. The van der Waals surface area contributed by atoms with E-state index >= 15 is 0 Å². The SMILES string of the molecule is C[Si](O[Si]O[Si]O[Si]O[Si])c1ccccc1. The summed E-state index contributed by atoms with van der Waals surface area (Å²) in [6, 6.07) is 10.1. The average molecular weight is 297 g/mol. The Balaban J connectivity index is 2.09. The van der Waals surface area contributed by atoms with Gasteiger partial charge in [-0.05, 0) is 11.7 Å². The lowest BCUT2D eigenvalue weighted by atomic mass is 10.4. The molecule has 0 saturated heterocycles. The standard InChI is InChI=1S/C7H8O4Si5/c1-16(7-5-3-2-4-6-7)11-15-10-14-9-13-8-12/h2-6H,1H3. The monoisotopic (exact) mass is 296 g/mol. The van der Waals surface area contributed by atoms with Crippen molar-refractivity contribution in [1.82, 2.24) is 0 Å². The van der Waals surface area contributed by atoms with Crippen LogP contribution in [0.15, 0.2) is 30.3 Å². The molecule has 9 heteroatoms. The van der Waals surface area contributed by atoms with E-state index in [9.17, 15) is 0 Å². The number of hydrogen-bond acceptors (Lipinski definition) is 4. The van der Waals surface area contributed by atoms with Gasteiger partial charge in [-0.3, -0.25) is 0 Å². The molecule has 0 saturated carbocycles. The lowest BCUT2D eigenvalue weighted by molar-refractivity contribution is 0.406. The zero-order chi connectivity index (χ0) is 11.6. The Hall–Kier alpha value is 0.144. The molecule has 0 bridgehead atoms. The molecule has 1 rings (SSSR count). The van der Waals surface area contributed by atoms with Gasteiger partial charge < -0.3 is 16.5 Å². The normalized spacial score (nSPS) is 10.9. The number of hydrogen-bond donors (Lipinski definition) is 0. The van der Waals surface area contributed by atoms with E-state index < -0.39 is 9.04 Å². The maximum absolute atomic E-state index is 5.59. The Morgan fingerprint density at radius 1 is 1.06 bits per heavy atom. The van der Waals surface area contributed by atoms with Crippen LogP contribution in [-0.2, 0) is 16.5 Å². The average Bonchev–Trinajstić information content (AvgIpc) is 2.34. The van der Waals surface area contributed by atoms with Crippen molar-refractivity contribution >= 4 is 54.7 Å². The summed E-state index contributed by atoms with van der Waals surface area (Å²) in [5.41, 5.74) is 0. The van der Waals surface area contributed by atoms with Crippen LogP contribution < -0.4 is 5.19 Å². The van der Waals surface area contributed by atoms with Crippen LogP contribution in [0.5, 0.6) is 0 Å². The Morgan fingerprint density at radius 3 is 2.44 bits per heavy atom. The van der Waals surface area contributed by atoms with Crippen LogP contribution in [0.3, 0.4) is 0 Å². The summed E-state index contributed by atoms with van der Waals surface area (Å²) in [5.74, 6) is 0. The summed E-state index contributed by atoms with van der Waals surface area (Å²) >= 11 is 0. The van der Waals surface area contributed by atoms with Crippen molar-refractivity contribution in [2.24, 2.45) is 0 Å². The van der Waals surface area contributed by atoms with Crippen LogP contribution in [-0.4, -0.2) is 49.5 Å². The summed E-state index contributed by atoms with van der Waals surface area (Å²) in [6.07, 6.45) is 0. The molecule has 0 unspecified atom stereocenters. The molecular formula is C7H8O4Si5. The van der Waals surface area contributed by atoms with E-state index in [0.717, 1.165) is 0 Å². The minimum Gasteiger partial charge on any atom is -0.435 e. The number of benzene rings is 1. The second kappa shape index (κ2) is 9.20. The summed E-state index contributed by atoms with van der Waals surface area (Å²) in [5, 5.41) is 1.23. The van der Waals surface area contributed by atoms with Gasteiger partial charge in [-0.1, -0.05) is 30.3 Å². The summed E-state index contributed by atoms with van der Waals surface area (Å²) in [7, 11) is 1.79. The van der Waals surface area contributed by atoms with Crippen LogP contribution in [0.4, 0.5) is 0 Å². The van der Waals surface area contributed by atoms with Gasteiger partial charge in [-0.15, -0.1) is 0 Å². The maximum Gasteiger partial charge on any atom is 0.412 e. The van der Waals surface area contributed by atoms with Gasteiger partial charge in [-0.25, -0.2) is 0 Å². The molecule has 0 aliphatic rings. The summed E-state index contributed by atoms with van der Waals surface area (Å²) in [6.45, 7) is 2.09. The molecule has 0 heterocycles. The predicted molar refractivity (Wildman–Crippen MR) is 65.1 cm³/mol. The topological polar surface area (TPSA) is 36.9 Å². The smallest absolute Gasteiger partial charge is 0.412 e. The fourth-order valence-electron chi connectivity index (χ4n) is 0.891. The first-order valence-corrected chi connectivity index (χ1v) is 9.06. The van der Waals surface area contributed by atoms with Crippen molar-refractivity contribution in [2.45, 2.75) is 6.55 Å². The van der Waals surface area contributed by atoms with Crippen molar-refractivity contribution in [1.29, 1.82) is 0 Å². The van der Waals surface area contributed by atoms with Gasteiger partial charge in [0.2, 0.25) is 19.5 Å². The van der Waals surface area contributed by atoms with E-state index in [-0.39, 0.29) is 30.0 Å². The summed E-state index contributed by atoms with van der Waals surface area (Å²) < 4.78 is 20.3. The van der Waals surface area contributed by atoms with Gasteiger partial charge in [0.25, 0.3) is 0 Å². The van der Waals surface area contributed by atoms with E-state index in [1.54, 1.807) is 0 Å². The fourth-order valence-corrected chi connectivity index (χ4v) is 4.42. The van der Waals surface area contributed by atoms with Gasteiger partial charge in [0, 0.05) is 0 Å². The van der Waals surface area contributed by atoms with E-state index in [4.69, 9.17) is 12.3 Å². The van der Waals surface area contributed by atoms with E-state index in [1.807, 2.05) is 18.2 Å². The largest absolute Gasteiger partial charge is 0.435 e. The summed E-state index contributed by atoms with van der Waals surface area (Å²) in [4.78, 5) is 0. The molecule has 1 aromatic carbocycles. The zero-order valence-corrected chi connectivity index (χ0v) is 13.5. The highest BCUT2D eigenvalue weighted by Crippen LogP contribution is 1.89. The Labute approximate surface area is 108 Å². The third-order valence-corrected chi connectivity index (χ3v) is 5.95. The molecule has 0 atom stereocenters. The molecule has 16 heavy (non-hydrogen) atoms. The second-order valence-corrected chi connectivity index (χ2v) is 8.04. The van der Waals surface area contributed by atoms with E-state index in [2.05, 4.69) is 33.3 Å². The van der Waals surface area contributed by atoms with Crippen molar-refractivity contribution in [3.8, 4) is 0 Å². The van der Waals surface area contributed by atoms with Gasteiger partial charge in [0.15, 0.2) is 0 Å². The molecule has 0 aliphatic heterocycles. The second-order valence-electron chi connectivity index (χ2n) is 2.58. The highest BCUT2D eigenvalue weighted by Gasteiger charge is 2.10.